The molecule has 4 nitrogen and oxygen atoms in total. The van der Waals surface area contributed by atoms with Crippen molar-refractivity contribution in [3.05, 3.63) is 0 Å². The van der Waals surface area contributed by atoms with Crippen LogP contribution in [0.4, 0.5) is 0 Å². The molecule has 0 aliphatic rings. The molecule has 0 aromatic rings. The van der Waals surface area contributed by atoms with Crippen LogP contribution in [0.5, 0.6) is 0 Å². The second-order valence-corrected chi connectivity index (χ2v) is 8.79. The topological polar surface area (TPSA) is 56.5 Å². The number of nitrogens with one attached hydrogen (secondary N) is 1. The van der Waals surface area contributed by atoms with E-state index in [0.717, 1.165) is 57.8 Å². The number of hydrogen-bond donors (Lipinski definition) is 2. The van der Waals surface area contributed by atoms with E-state index in [1.807, 2.05) is 0 Å². The lowest BCUT2D eigenvalue weighted by Gasteiger charge is -2.29. The molecule has 0 saturated carbocycles. The summed E-state index contributed by atoms with van der Waals surface area (Å²) in [6.07, 6.45) is 6.12. The third kappa shape index (κ3) is 9.88. The second-order valence-electron chi connectivity index (χ2n) is 5.19. The molecule has 5 heteroatoms. The summed E-state index contributed by atoms with van der Waals surface area (Å²) >= 11 is 0. The highest BCUT2D eigenvalue weighted by Gasteiger charge is 2.34. The van der Waals surface area contributed by atoms with Gasteiger partial charge in [-0.25, -0.2) is 0 Å². The Kier molecular flexibility index (Phi) is 14.1. The third-order valence-corrected chi connectivity index (χ3v) is 7.39. The number of nitrogens with two attached hydrogens (primary N) is 1. The molecule has 20 heavy (non-hydrogen) atoms. The molecule has 0 aromatic carbocycles. The summed E-state index contributed by atoms with van der Waals surface area (Å²) in [6.45, 7) is 10.9. The average molecular weight is 305 g/mol. The van der Waals surface area contributed by atoms with Crippen LogP contribution in [0, 0.1) is 0 Å². The number of rotatable bonds is 15. The average Bonchev–Trinajstić information content (AvgIpc) is 2.46. The van der Waals surface area contributed by atoms with Crippen LogP contribution in [0.25, 0.3) is 0 Å². The lowest BCUT2D eigenvalue weighted by molar-refractivity contribution is 0.182. The molecule has 3 N–H and O–H groups in total. The molecule has 122 valence electrons. The molecule has 0 rings (SSSR count). The molecule has 0 aliphatic heterocycles. The van der Waals surface area contributed by atoms with E-state index in [9.17, 15) is 0 Å². The van der Waals surface area contributed by atoms with Gasteiger partial charge in [0.1, 0.15) is 0 Å². The molecule has 0 saturated heterocycles. The molecule has 0 bridgehead atoms. The van der Waals surface area contributed by atoms with E-state index in [1.54, 1.807) is 0 Å². The van der Waals surface area contributed by atoms with Gasteiger partial charge in [-0.3, -0.25) is 0 Å². The molecule has 0 unspecified atom stereocenters. The molecular weight excluding hydrogens is 268 g/mol. The largest absolute Gasteiger partial charge is 0.394 e. The Balaban J connectivity index is 3.62. The minimum Gasteiger partial charge on any atom is -0.394 e. The van der Waals surface area contributed by atoms with Crippen molar-refractivity contribution in [1.82, 2.24) is 5.32 Å². The van der Waals surface area contributed by atoms with Crippen LogP contribution in [-0.2, 0) is 8.85 Å². The smallest absolute Gasteiger partial charge is 0.337 e. The van der Waals surface area contributed by atoms with Gasteiger partial charge in [-0.15, -0.1) is 0 Å². The van der Waals surface area contributed by atoms with Crippen molar-refractivity contribution in [3.63, 3.8) is 0 Å². The van der Waals surface area contributed by atoms with Crippen molar-refractivity contribution in [2.75, 3.05) is 32.8 Å². The van der Waals surface area contributed by atoms with Crippen LogP contribution in [0.3, 0.4) is 0 Å². The van der Waals surface area contributed by atoms with E-state index in [1.165, 1.54) is 19.3 Å². The maximum absolute atomic E-state index is 5.97. The lowest BCUT2D eigenvalue weighted by atomic mass is 10.2. The van der Waals surface area contributed by atoms with Gasteiger partial charge in [0.15, 0.2) is 0 Å². The third-order valence-electron chi connectivity index (χ3n) is 3.57. The zero-order valence-electron chi connectivity index (χ0n) is 13.9. The van der Waals surface area contributed by atoms with Gasteiger partial charge in [0.2, 0.25) is 0 Å². The normalized spacial score (nSPS) is 12.0. The second kappa shape index (κ2) is 14.0. The zero-order valence-corrected chi connectivity index (χ0v) is 14.9. The maximum atomic E-state index is 5.97. The van der Waals surface area contributed by atoms with Crippen LogP contribution >= 0.6 is 0 Å². The quantitative estimate of drug-likeness (QED) is 0.361. The van der Waals surface area contributed by atoms with Crippen LogP contribution in [0.1, 0.15) is 52.9 Å². The van der Waals surface area contributed by atoms with Crippen LogP contribution in [0.15, 0.2) is 0 Å². The maximum Gasteiger partial charge on any atom is 0.337 e. The van der Waals surface area contributed by atoms with Gasteiger partial charge in [-0.1, -0.05) is 19.8 Å². The monoisotopic (exact) mass is 304 g/mol. The van der Waals surface area contributed by atoms with Crippen molar-refractivity contribution < 1.29 is 8.85 Å². The summed E-state index contributed by atoms with van der Waals surface area (Å²) in [4.78, 5) is 0. The van der Waals surface area contributed by atoms with Crippen molar-refractivity contribution in [2.24, 2.45) is 5.73 Å². The zero-order chi connectivity index (χ0) is 15.1. The standard InChI is InChI=1S/C15H36N2O2Si/c1-4-18-20(6-3,19-5-2)15-11-14-17-13-10-8-7-9-12-16/h17H,4-16H2,1-3H3. The van der Waals surface area contributed by atoms with Crippen LogP contribution in [-0.4, -0.2) is 41.4 Å². The van der Waals surface area contributed by atoms with E-state index in [2.05, 4.69) is 26.1 Å². The summed E-state index contributed by atoms with van der Waals surface area (Å²) in [7, 11) is -1.91. The molecule has 0 aromatic heterocycles. The van der Waals surface area contributed by atoms with Crippen molar-refractivity contribution in [3.8, 4) is 0 Å². The minimum atomic E-state index is -1.91. The van der Waals surface area contributed by atoms with Gasteiger partial charge >= 0.3 is 8.56 Å². The summed E-state index contributed by atoms with van der Waals surface area (Å²) in [5.41, 5.74) is 5.48. The molecule has 0 atom stereocenters. The van der Waals surface area contributed by atoms with Crippen LogP contribution in [0.2, 0.25) is 12.1 Å². The summed E-state index contributed by atoms with van der Waals surface area (Å²) in [5.74, 6) is 0. The Bertz CT molecular complexity index is 200. The fourth-order valence-electron chi connectivity index (χ4n) is 2.45. The van der Waals surface area contributed by atoms with Gasteiger partial charge in [-0.05, 0) is 64.8 Å². The highest BCUT2D eigenvalue weighted by Crippen LogP contribution is 2.20. The molecule has 0 amide bonds. The van der Waals surface area contributed by atoms with Gasteiger partial charge in [0.05, 0.1) is 0 Å². The molecule has 0 spiro atoms. The van der Waals surface area contributed by atoms with E-state index < -0.39 is 8.56 Å². The molecule has 0 heterocycles. The van der Waals surface area contributed by atoms with Gasteiger partial charge in [0, 0.05) is 13.2 Å². The Labute approximate surface area is 127 Å². The molecular formula is C15H36N2O2Si. The van der Waals surface area contributed by atoms with E-state index in [0.29, 0.717) is 0 Å². The fraction of sp³-hybridized carbons (Fsp3) is 1.00. The minimum absolute atomic E-state index is 0.772. The first-order valence-electron chi connectivity index (χ1n) is 8.43. The Morgan fingerprint density at radius 3 is 2.00 bits per heavy atom. The highest BCUT2D eigenvalue weighted by molar-refractivity contribution is 6.67. The van der Waals surface area contributed by atoms with E-state index in [-0.39, 0.29) is 0 Å². The van der Waals surface area contributed by atoms with Gasteiger partial charge in [0.25, 0.3) is 0 Å². The highest BCUT2D eigenvalue weighted by atomic mass is 28.4. The van der Waals surface area contributed by atoms with E-state index >= 15 is 0 Å². The fourth-order valence-corrected chi connectivity index (χ4v) is 5.35. The summed E-state index contributed by atoms with van der Waals surface area (Å²) in [6, 6.07) is 2.15. The van der Waals surface area contributed by atoms with E-state index in [4.69, 9.17) is 14.6 Å². The predicted octanol–water partition coefficient (Wildman–Crippen LogP) is 3.02. The number of unbranched alkanes of at least 4 members (excludes halogenated alkanes) is 3. The van der Waals surface area contributed by atoms with Crippen molar-refractivity contribution in [2.45, 2.75) is 65.0 Å². The first-order valence-corrected chi connectivity index (χ1v) is 10.7. The molecule has 0 aliphatic carbocycles. The SMILES string of the molecule is CCO[Si](CC)(CCCNCCCCCCN)OCC. The molecule has 0 radical (unpaired) electrons. The van der Waals surface area contributed by atoms with Crippen molar-refractivity contribution in [1.29, 1.82) is 0 Å². The Morgan fingerprint density at radius 2 is 1.45 bits per heavy atom. The van der Waals surface area contributed by atoms with Crippen molar-refractivity contribution >= 4 is 8.56 Å². The van der Waals surface area contributed by atoms with Gasteiger partial charge in [-0.2, -0.15) is 0 Å². The van der Waals surface area contributed by atoms with Crippen LogP contribution < -0.4 is 11.1 Å². The first kappa shape index (κ1) is 20.1. The predicted molar refractivity (Wildman–Crippen MR) is 89.3 cm³/mol. The Morgan fingerprint density at radius 1 is 0.850 bits per heavy atom. The number of hydrogen-bond acceptors (Lipinski definition) is 4. The Hall–Kier alpha value is 0.0569. The molecule has 0 fully saturated rings. The first-order chi connectivity index (χ1) is 9.74. The summed E-state index contributed by atoms with van der Waals surface area (Å²) < 4.78 is 11.9. The van der Waals surface area contributed by atoms with Gasteiger partial charge < -0.3 is 19.9 Å². The lowest BCUT2D eigenvalue weighted by Crippen LogP contribution is -2.42. The summed E-state index contributed by atoms with van der Waals surface area (Å²) in [5, 5.41) is 3.52.